The van der Waals surface area contributed by atoms with Crippen molar-refractivity contribution >= 4 is 34.9 Å². The Morgan fingerprint density at radius 3 is 1.78 bits per heavy atom. The monoisotopic (exact) mass is 803 g/mol. The third-order valence-electron chi connectivity index (χ3n) is 11.5. The van der Waals surface area contributed by atoms with Crippen LogP contribution in [0.2, 0.25) is 0 Å². The van der Waals surface area contributed by atoms with Crippen molar-refractivity contribution in [2.45, 2.75) is 78.6 Å². The predicted molar refractivity (Wildman–Crippen MR) is 223 cm³/mol. The number of nitrogens with one attached hydrogen (secondary N) is 4. The van der Waals surface area contributed by atoms with Crippen LogP contribution in [0.1, 0.15) is 78.1 Å². The zero-order chi connectivity index (χ0) is 42.1. The first-order chi connectivity index (χ1) is 28.2. The number of hydrogen-bond acceptors (Lipinski definition) is 8. The molecule has 5 aromatic rings. The molecule has 59 heavy (non-hydrogen) atoms. The number of rotatable bonds is 11. The molecule has 2 aliphatic heterocycles. The van der Waals surface area contributed by atoms with Crippen LogP contribution in [0.15, 0.2) is 67.0 Å². The number of benzene rings is 2. The molecule has 2 aromatic carbocycles. The maximum atomic E-state index is 13.7. The number of pyridine rings is 1. The van der Waals surface area contributed by atoms with E-state index in [4.69, 9.17) is 19.7 Å². The highest BCUT2D eigenvalue weighted by Crippen LogP contribution is 2.38. The van der Waals surface area contributed by atoms with Crippen molar-refractivity contribution in [1.29, 1.82) is 0 Å². The third-order valence-corrected chi connectivity index (χ3v) is 11.5. The minimum atomic E-state index is -1.22. The molecule has 6 atom stereocenters. The zero-order valence-corrected chi connectivity index (χ0v) is 34.5. The molecule has 0 unspecified atom stereocenters. The Morgan fingerprint density at radius 1 is 0.695 bits per heavy atom. The fourth-order valence-corrected chi connectivity index (χ4v) is 8.38. The smallest absolute Gasteiger partial charge is 0.407 e. The average Bonchev–Trinajstić information content (AvgIpc) is 4.04. The Morgan fingerprint density at radius 2 is 1.22 bits per heavy atom. The van der Waals surface area contributed by atoms with E-state index in [2.05, 4.69) is 52.6 Å². The lowest BCUT2D eigenvalue weighted by Gasteiger charge is -2.30. The lowest BCUT2D eigenvalue weighted by Crippen LogP contribution is -2.51. The molecular weight excluding hydrogens is 751 g/mol. The molecule has 2 saturated heterocycles. The summed E-state index contributed by atoms with van der Waals surface area (Å²) in [5, 5.41) is 15.4. The average molecular weight is 804 g/mol. The second kappa shape index (κ2) is 16.9. The molecule has 5 N–H and O–H groups in total. The number of likely N-dealkylation sites (tertiary alicyclic amines) is 2. The molecule has 15 heteroatoms. The number of ether oxygens (including phenoxy) is 1. The van der Waals surface area contributed by atoms with Crippen molar-refractivity contribution in [3.63, 3.8) is 0 Å². The molecule has 0 spiro atoms. The van der Waals surface area contributed by atoms with Crippen molar-refractivity contribution in [2.24, 2.45) is 23.7 Å². The molecule has 3 aromatic heterocycles. The molecule has 0 radical (unpaired) electrons. The molecular formula is C44H53N9O6. The van der Waals surface area contributed by atoms with E-state index < -0.39 is 24.3 Å². The van der Waals surface area contributed by atoms with Crippen LogP contribution in [0.5, 0.6) is 0 Å². The van der Waals surface area contributed by atoms with Gasteiger partial charge >= 0.3 is 12.2 Å². The standard InChI is InChI=1S/C44H53N9O6/c1-23(2)37(50-43(56)57)41(54)52-21-26(6)17-36(52)40-46-20-34(49-40)32-15-13-30-18-29(12-14-31(30)47-32)27-8-10-28(11-9-27)33-19-45-39(48-33)35-16-25(5)22-53(35)42(55)38(24(3)4)51-44(58)59-7/h8-15,18-20,23-26,35-38,50H,16-17,21-22H2,1-7H3,(H,45,48)(H,46,49)(H,51,58)(H,56,57)/t25-,26-,35-,36-,37-,38-/m0/s1. The lowest BCUT2D eigenvalue weighted by atomic mass is 10.0. The van der Waals surface area contributed by atoms with E-state index in [1.54, 1.807) is 11.1 Å². The van der Waals surface area contributed by atoms with E-state index in [1.807, 2.05) is 75.2 Å². The number of nitrogens with zero attached hydrogens (tertiary/aromatic N) is 5. The minimum Gasteiger partial charge on any atom is -0.465 e. The number of alkyl carbamates (subject to hydrolysis) is 1. The summed E-state index contributed by atoms with van der Waals surface area (Å²) < 4.78 is 4.78. The molecule has 0 aliphatic carbocycles. The first-order valence-electron chi connectivity index (χ1n) is 20.3. The van der Waals surface area contributed by atoms with Gasteiger partial charge in [0.15, 0.2) is 0 Å². The van der Waals surface area contributed by atoms with Gasteiger partial charge in [-0.2, -0.15) is 0 Å². The molecule has 2 fully saturated rings. The maximum Gasteiger partial charge on any atom is 0.407 e. The van der Waals surface area contributed by atoms with Gasteiger partial charge in [-0.05, 0) is 65.8 Å². The Bertz CT molecular complexity index is 2340. The van der Waals surface area contributed by atoms with Crippen molar-refractivity contribution in [1.82, 2.24) is 45.4 Å². The highest BCUT2D eigenvalue weighted by atomic mass is 16.5. The summed E-state index contributed by atoms with van der Waals surface area (Å²) in [5.74, 6) is 1.15. The number of methoxy groups -OCH3 is 1. The number of carbonyl (C=O) groups excluding carboxylic acids is 3. The van der Waals surface area contributed by atoms with E-state index in [0.29, 0.717) is 42.5 Å². The Kier molecular flexibility index (Phi) is 11.7. The Hall–Kier alpha value is -6.25. The van der Waals surface area contributed by atoms with Gasteiger partial charge in [0.05, 0.1) is 36.1 Å². The van der Waals surface area contributed by atoms with Crippen LogP contribution in [0, 0.1) is 23.7 Å². The van der Waals surface area contributed by atoms with E-state index in [1.165, 1.54) is 7.11 Å². The quantitative estimate of drug-likeness (QED) is 0.0919. The van der Waals surface area contributed by atoms with Crippen LogP contribution in [0.4, 0.5) is 9.59 Å². The second-order valence-corrected chi connectivity index (χ2v) is 16.7. The number of hydrogen-bond donors (Lipinski definition) is 5. The van der Waals surface area contributed by atoms with Gasteiger partial charge in [0, 0.05) is 36.4 Å². The maximum absolute atomic E-state index is 13.7. The van der Waals surface area contributed by atoms with E-state index >= 15 is 0 Å². The molecule has 7 rings (SSSR count). The Balaban J connectivity index is 1.04. The number of fused-ring (bicyclic) bond motifs is 1. The third kappa shape index (κ3) is 8.64. The summed E-state index contributed by atoms with van der Waals surface area (Å²) in [6.07, 6.45) is 3.30. The van der Waals surface area contributed by atoms with Crippen LogP contribution in [-0.2, 0) is 14.3 Å². The number of aromatic nitrogens is 5. The summed E-state index contributed by atoms with van der Waals surface area (Å²) in [7, 11) is 1.29. The first kappa shape index (κ1) is 40.9. The van der Waals surface area contributed by atoms with Gasteiger partial charge in [-0.25, -0.2) is 24.5 Å². The number of H-pyrrole nitrogens is 2. The fraction of sp³-hybridized carbons (Fsp3) is 0.432. The van der Waals surface area contributed by atoms with Gasteiger partial charge in [-0.1, -0.05) is 77.9 Å². The fourth-order valence-electron chi connectivity index (χ4n) is 8.38. The normalized spacial score (nSPS) is 20.3. The summed E-state index contributed by atoms with van der Waals surface area (Å²) in [5.41, 5.74) is 5.97. The van der Waals surface area contributed by atoms with Crippen molar-refractivity contribution in [3.05, 3.63) is 78.6 Å². The van der Waals surface area contributed by atoms with Crippen molar-refractivity contribution in [2.75, 3.05) is 20.2 Å². The summed E-state index contributed by atoms with van der Waals surface area (Å²) in [4.78, 5) is 75.6. The molecule has 15 nitrogen and oxygen atoms in total. The van der Waals surface area contributed by atoms with E-state index in [9.17, 15) is 24.3 Å². The number of imidazole rings is 2. The molecule has 5 heterocycles. The van der Waals surface area contributed by atoms with Gasteiger partial charge in [0.1, 0.15) is 29.4 Å². The molecule has 0 saturated carbocycles. The molecule has 310 valence electrons. The minimum absolute atomic E-state index is 0.120. The van der Waals surface area contributed by atoms with Gasteiger partial charge in [-0.15, -0.1) is 0 Å². The van der Waals surface area contributed by atoms with Gasteiger partial charge in [-0.3, -0.25) is 9.59 Å². The lowest BCUT2D eigenvalue weighted by molar-refractivity contribution is -0.136. The van der Waals surface area contributed by atoms with Crippen molar-refractivity contribution in [3.8, 4) is 33.8 Å². The van der Waals surface area contributed by atoms with Crippen LogP contribution in [0.25, 0.3) is 44.7 Å². The first-order valence-corrected chi connectivity index (χ1v) is 20.3. The highest BCUT2D eigenvalue weighted by molar-refractivity contribution is 5.88. The summed E-state index contributed by atoms with van der Waals surface area (Å²) in [6, 6.07) is 16.2. The van der Waals surface area contributed by atoms with E-state index in [0.717, 1.165) is 39.7 Å². The van der Waals surface area contributed by atoms with Crippen LogP contribution in [-0.4, -0.2) is 96.1 Å². The van der Waals surface area contributed by atoms with Gasteiger partial charge < -0.3 is 40.2 Å². The van der Waals surface area contributed by atoms with E-state index in [-0.39, 0.29) is 47.6 Å². The number of carboxylic acid groups (broad SMARTS) is 1. The number of amides is 4. The predicted octanol–water partition coefficient (Wildman–Crippen LogP) is 7.17. The van der Waals surface area contributed by atoms with Crippen LogP contribution in [0.3, 0.4) is 0 Å². The number of aromatic amines is 2. The Labute approximate surface area is 343 Å². The molecule has 4 amide bonds. The number of carbonyl (C=O) groups is 4. The summed E-state index contributed by atoms with van der Waals surface area (Å²) >= 11 is 0. The second-order valence-electron chi connectivity index (χ2n) is 16.7. The zero-order valence-electron chi connectivity index (χ0n) is 34.5. The molecule has 2 aliphatic rings. The largest absolute Gasteiger partial charge is 0.465 e. The van der Waals surface area contributed by atoms with Gasteiger partial charge in [0.25, 0.3) is 0 Å². The summed E-state index contributed by atoms with van der Waals surface area (Å²) in [6.45, 7) is 12.8. The van der Waals surface area contributed by atoms with Crippen LogP contribution >= 0.6 is 0 Å². The molecule has 0 bridgehead atoms. The van der Waals surface area contributed by atoms with Crippen LogP contribution < -0.4 is 10.6 Å². The topological polar surface area (TPSA) is 199 Å². The highest BCUT2D eigenvalue weighted by Gasteiger charge is 2.41. The SMILES string of the molecule is COC(=O)N[C@H](C(=O)N1C[C@@H](C)C[C@H]1c1nc(-c2ccc(-c3ccc4nc(-c5c[nH]c([C@@H]6C[C@H](C)CN6C(=O)[C@@H](NC(=O)O)C(C)C)n5)ccc4c3)cc2)c[nH]1)C(C)C. The van der Waals surface area contributed by atoms with Crippen molar-refractivity contribution < 1.29 is 29.0 Å². The van der Waals surface area contributed by atoms with Gasteiger partial charge in [0.2, 0.25) is 11.8 Å².